The third-order valence-corrected chi connectivity index (χ3v) is 5.15. The number of ether oxygens (including phenoxy) is 2. The Morgan fingerprint density at radius 3 is 2.45 bits per heavy atom. The summed E-state index contributed by atoms with van der Waals surface area (Å²) in [6, 6.07) is 15.9. The van der Waals surface area contributed by atoms with Gasteiger partial charge in [-0.15, -0.1) is 0 Å². The number of piperazine rings is 1. The quantitative estimate of drug-likeness (QED) is 0.705. The average molecular weight is 398 g/mol. The van der Waals surface area contributed by atoms with Crippen molar-refractivity contribution in [2.75, 3.05) is 57.9 Å². The summed E-state index contributed by atoms with van der Waals surface area (Å²) in [5, 5.41) is 3.03. The highest BCUT2D eigenvalue weighted by Crippen LogP contribution is 2.28. The molecule has 1 fully saturated rings. The van der Waals surface area contributed by atoms with E-state index in [0.717, 1.165) is 55.5 Å². The van der Waals surface area contributed by atoms with Crippen LogP contribution < -0.4 is 19.7 Å². The zero-order chi connectivity index (χ0) is 20.5. The Hall–Kier alpha value is -2.73. The van der Waals surface area contributed by atoms with Gasteiger partial charge in [0.1, 0.15) is 11.5 Å². The molecule has 0 radical (unpaired) electrons. The Morgan fingerprint density at radius 2 is 1.76 bits per heavy atom. The summed E-state index contributed by atoms with van der Waals surface area (Å²) in [4.78, 5) is 16.9. The molecule has 0 aromatic heterocycles. The fourth-order valence-electron chi connectivity index (χ4n) is 3.57. The number of hydrogen-bond acceptors (Lipinski definition) is 5. The van der Waals surface area contributed by atoms with Crippen LogP contribution in [0.2, 0.25) is 0 Å². The molecule has 0 spiro atoms. The number of carbonyl (C=O) groups is 1. The molecule has 0 saturated carbocycles. The fourth-order valence-corrected chi connectivity index (χ4v) is 3.57. The molecule has 0 bridgehead atoms. The van der Waals surface area contributed by atoms with Crippen molar-refractivity contribution in [3.05, 3.63) is 54.1 Å². The number of carbonyl (C=O) groups excluding carboxylic acids is 1. The van der Waals surface area contributed by atoms with Gasteiger partial charge in [0.2, 0.25) is 5.91 Å². The Labute approximate surface area is 173 Å². The summed E-state index contributed by atoms with van der Waals surface area (Å²) in [6.07, 6.45) is 0.397. The van der Waals surface area contributed by atoms with Crippen LogP contribution in [-0.2, 0) is 11.2 Å². The van der Waals surface area contributed by atoms with E-state index in [1.165, 1.54) is 0 Å². The zero-order valence-electron chi connectivity index (χ0n) is 17.4. The number of methoxy groups -OCH3 is 1. The van der Waals surface area contributed by atoms with Gasteiger partial charge in [0, 0.05) is 39.3 Å². The van der Waals surface area contributed by atoms with Crippen molar-refractivity contribution >= 4 is 11.6 Å². The van der Waals surface area contributed by atoms with Gasteiger partial charge in [-0.25, -0.2) is 0 Å². The van der Waals surface area contributed by atoms with Gasteiger partial charge < -0.3 is 19.7 Å². The van der Waals surface area contributed by atoms with Crippen LogP contribution in [-0.4, -0.2) is 63.8 Å². The van der Waals surface area contributed by atoms with Crippen LogP contribution in [0.4, 0.5) is 5.69 Å². The Balaban J connectivity index is 1.36. The minimum atomic E-state index is 0.0572. The van der Waals surface area contributed by atoms with Gasteiger partial charge in [0.15, 0.2) is 0 Å². The van der Waals surface area contributed by atoms with Crippen molar-refractivity contribution in [1.82, 2.24) is 10.2 Å². The molecule has 2 aromatic rings. The Kier molecular flexibility index (Phi) is 7.76. The molecule has 6 nitrogen and oxygen atoms in total. The number of hydrogen-bond donors (Lipinski definition) is 1. The number of nitrogens with one attached hydrogen (secondary N) is 1. The van der Waals surface area contributed by atoms with E-state index in [1.54, 1.807) is 7.11 Å². The van der Waals surface area contributed by atoms with E-state index in [9.17, 15) is 4.79 Å². The lowest BCUT2D eigenvalue weighted by Gasteiger charge is -2.36. The molecule has 1 aliphatic rings. The SMILES string of the molecule is CCOc1ccc(CC(=O)NCCN2CCN(c3ccccc3OC)CC2)cc1. The molecule has 29 heavy (non-hydrogen) atoms. The summed E-state index contributed by atoms with van der Waals surface area (Å²) >= 11 is 0. The third-order valence-electron chi connectivity index (χ3n) is 5.15. The van der Waals surface area contributed by atoms with Crippen LogP contribution in [0.3, 0.4) is 0 Å². The van der Waals surface area contributed by atoms with Crippen LogP contribution in [0.25, 0.3) is 0 Å². The molecule has 0 atom stereocenters. The summed E-state index contributed by atoms with van der Waals surface area (Å²) in [6.45, 7) is 8.02. The van der Waals surface area contributed by atoms with E-state index in [-0.39, 0.29) is 5.91 Å². The van der Waals surface area contributed by atoms with Gasteiger partial charge >= 0.3 is 0 Å². The Bertz CT molecular complexity index is 771. The molecule has 0 aliphatic carbocycles. The lowest BCUT2D eigenvalue weighted by molar-refractivity contribution is -0.120. The maximum atomic E-state index is 12.2. The van der Waals surface area contributed by atoms with Gasteiger partial charge in [-0.3, -0.25) is 9.69 Å². The van der Waals surface area contributed by atoms with Crippen molar-refractivity contribution in [3.63, 3.8) is 0 Å². The molecule has 1 aliphatic heterocycles. The number of benzene rings is 2. The molecular formula is C23H31N3O3. The molecule has 6 heteroatoms. The largest absolute Gasteiger partial charge is 0.495 e. The first-order chi connectivity index (χ1) is 14.2. The molecule has 1 saturated heterocycles. The van der Waals surface area contributed by atoms with Crippen LogP contribution in [0.5, 0.6) is 11.5 Å². The van der Waals surface area contributed by atoms with E-state index in [4.69, 9.17) is 9.47 Å². The second-order valence-corrected chi connectivity index (χ2v) is 7.10. The monoisotopic (exact) mass is 397 g/mol. The molecule has 2 aromatic carbocycles. The van der Waals surface area contributed by atoms with Crippen LogP contribution in [0, 0.1) is 0 Å². The van der Waals surface area contributed by atoms with Crippen molar-refractivity contribution in [2.24, 2.45) is 0 Å². The van der Waals surface area contributed by atoms with E-state index >= 15 is 0 Å². The molecule has 1 amide bonds. The molecule has 1 N–H and O–H groups in total. The van der Waals surface area contributed by atoms with Gasteiger partial charge in [-0.1, -0.05) is 24.3 Å². The minimum Gasteiger partial charge on any atom is -0.495 e. The first kappa shape index (κ1) is 21.0. The highest BCUT2D eigenvalue weighted by molar-refractivity contribution is 5.78. The fraction of sp³-hybridized carbons (Fsp3) is 0.435. The lowest BCUT2D eigenvalue weighted by atomic mass is 10.1. The second-order valence-electron chi connectivity index (χ2n) is 7.10. The Morgan fingerprint density at radius 1 is 1.03 bits per heavy atom. The zero-order valence-corrected chi connectivity index (χ0v) is 17.4. The maximum Gasteiger partial charge on any atom is 0.224 e. The molecular weight excluding hydrogens is 366 g/mol. The number of amides is 1. The summed E-state index contributed by atoms with van der Waals surface area (Å²) in [7, 11) is 1.71. The molecule has 156 valence electrons. The third kappa shape index (κ3) is 6.12. The van der Waals surface area contributed by atoms with Crippen molar-refractivity contribution in [2.45, 2.75) is 13.3 Å². The van der Waals surface area contributed by atoms with Crippen molar-refractivity contribution < 1.29 is 14.3 Å². The van der Waals surface area contributed by atoms with Gasteiger partial charge in [0.05, 0.1) is 25.8 Å². The van der Waals surface area contributed by atoms with Gasteiger partial charge in [-0.2, -0.15) is 0 Å². The number of nitrogens with zero attached hydrogens (tertiary/aromatic N) is 2. The first-order valence-corrected chi connectivity index (χ1v) is 10.3. The molecule has 1 heterocycles. The maximum absolute atomic E-state index is 12.2. The molecule has 0 unspecified atom stereocenters. The van der Waals surface area contributed by atoms with E-state index in [1.807, 2.05) is 49.4 Å². The van der Waals surface area contributed by atoms with Gasteiger partial charge in [0.25, 0.3) is 0 Å². The lowest BCUT2D eigenvalue weighted by Crippen LogP contribution is -2.48. The van der Waals surface area contributed by atoms with E-state index in [2.05, 4.69) is 21.2 Å². The minimum absolute atomic E-state index is 0.0572. The normalized spacial score (nSPS) is 14.5. The van der Waals surface area contributed by atoms with E-state index < -0.39 is 0 Å². The van der Waals surface area contributed by atoms with Crippen LogP contribution in [0.1, 0.15) is 12.5 Å². The standard InChI is InChI=1S/C23H31N3O3/c1-3-29-20-10-8-19(9-11-20)18-23(27)24-12-13-25-14-16-26(17-15-25)21-6-4-5-7-22(21)28-2/h4-11H,3,12-18H2,1-2H3,(H,24,27). The predicted octanol–water partition coefficient (Wildman–Crippen LogP) is 2.57. The number of rotatable bonds is 9. The van der Waals surface area contributed by atoms with Crippen LogP contribution >= 0.6 is 0 Å². The summed E-state index contributed by atoms with van der Waals surface area (Å²) in [5.74, 6) is 1.81. The van der Waals surface area contributed by atoms with Crippen LogP contribution in [0.15, 0.2) is 48.5 Å². The smallest absolute Gasteiger partial charge is 0.224 e. The first-order valence-electron chi connectivity index (χ1n) is 10.3. The summed E-state index contributed by atoms with van der Waals surface area (Å²) < 4.78 is 10.9. The summed E-state index contributed by atoms with van der Waals surface area (Å²) in [5.41, 5.74) is 2.15. The van der Waals surface area contributed by atoms with E-state index in [0.29, 0.717) is 19.6 Å². The molecule has 3 rings (SSSR count). The highest BCUT2D eigenvalue weighted by Gasteiger charge is 2.19. The topological polar surface area (TPSA) is 54.0 Å². The number of anilines is 1. The van der Waals surface area contributed by atoms with Gasteiger partial charge in [-0.05, 0) is 36.8 Å². The second kappa shape index (κ2) is 10.7. The average Bonchev–Trinajstić information content (AvgIpc) is 2.76. The number of para-hydroxylation sites is 2. The van der Waals surface area contributed by atoms with Crippen molar-refractivity contribution in [3.8, 4) is 11.5 Å². The predicted molar refractivity (Wildman–Crippen MR) is 116 cm³/mol. The van der Waals surface area contributed by atoms with Crippen molar-refractivity contribution in [1.29, 1.82) is 0 Å². The highest BCUT2D eigenvalue weighted by atomic mass is 16.5.